The second kappa shape index (κ2) is 5.58. The van der Waals surface area contributed by atoms with Gasteiger partial charge in [0.2, 0.25) is 5.52 Å². The monoisotopic (exact) mass is 408 g/mol. The van der Waals surface area contributed by atoms with Gasteiger partial charge in [-0.25, -0.2) is 9.55 Å². The van der Waals surface area contributed by atoms with E-state index in [0.29, 0.717) is 0 Å². The quantitative estimate of drug-likeness (QED) is 0.155. The number of aryl methyl sites for hydroxylation is 3. The normalized spacial score (nSPS) is 13.0. The summed E-state index contributed by atoms with van der Waals surface area (Å²) in [7, 11) is 0.581. The van der Waals surface area contributed by atoms with Crippen LogP contribution in [0.4, 0.5) is 0 Å². The molecule has 148 valence electrons. The zero-order chi connectivity index (χ0) is 20.9. The number of rotatable bonds is 1. The number of hydrogen-bond donors (Lipinski definition) is 0. The lowest BCUT2D eigenvalue weighted by atomic mass is 9.96. The third-order valence-electron chi connectivity index (χ3n) is 6.88. The van der Waals surface area contributed by atoms with E-state index in [9.17, 15) is 0 Å². The Hall–Kier alpha value is -2.98. The zero-order valence-corrected chi connectivity index (χ0v) is 19.5. The third kappa shape index (κ3) is 2.04. The third-order valence-corrected chi connectivity index (χ3v) is 8.90. The summed E-state index contributed by atoms with van der Waals surface area (Å²) < 4.78 is 4.80. The Morgan fingerprint density at radius 1 is 0.933 bits per heavy atom. The lowest BCUT2D eigenvalue weighted by Gasteiger charge is -2.22. The lowest BCUT2D eigenvalue weighted by Crippen LogP contribution is -2.39. The van der Waals surface area contributed by atoms with E-state index in [1.54, 1.807) is 0 Å². The van der Waals surface area contributed by atoms with Crippen LogP contribution in [0.25, 0.3) is 49.1 Å². The first kappa shape index (κ1) is 17.8. The fraction of sp³-hybridized carbons (Fsp3) is 0.231. The van der Waals surface area contributed by atoms with E-state index in [2.05, 4.69) is 92.1 Å². The molecule has 2 aromatic carbocycles. The van der Waals surface area contributed by atoms with Gasteiger partial charge in [-0.05, 0) is 53.7 Å². The Morgan fingerprint density at radius 2 is 1.73 bits per heavy atom. The Labute approximate surface area is 176 Å². The van der Waals surface area contributed by atoms with Gasteiger partial charge in [0.05, 0.1) is 29.9 Å². The van der Waals surface area contributed by atoms with Crippen molar-refractivity contribution in [1.82, 2.24) is 9.38 Å². The molecule has 0 aliphatic heterocycles. The molecule has 4 aromatic heterocycles. The van der Waals surface area contributed by atoms with E-state index >= 15 is 0 Å². The minimum Gasteiger partial charge on any atom is -0.292 e. The van der Waals surface area contributed by atoms with Crippen LogP contribution in [0.15, 0.2) is 48.8 Å². The number of pyridine rings is 3. The largest absolute Gasteiger partial charge is 0.292 e. The Balaban J connectivity index is 2.15. The van der Waals surface area contributed by atoms with Crippen molar-refractivity contribution < 1.29 is 4.57 Å². The Bertz CT molecular complexity index is 1650. The van der Waals surface area contributed by atoms with Crippen LogP contribution in [0, 0.1) is 13.8 Å². The maximum Gasteiger partial charge on any atom is 0.224 e. The molecule has 0 fully saturated rings. The van der Waals surface area contributed by atoms with Crippen molar-refractivity contribution in [2.75, 3.05) is 0 Å². The highest BCUT2D eigenvalue weighted by Gasteiger charge is 2.29. The molecule has 0 aliphatic rings. The molecule has 0 amide bonds. The zero-order valence-electron chi connectivity index (χ0n) is 18.5. The minimum absolute atomic E-state index is 1.07. The van der Waals surface area contributed by atoms with Gasteiger partial charge in [-0.1, -0.05) is 31.8 Å². The van der Waals surface area contributed by atoms with Crippen LogP contribution in [-0.2, 0) is 7.05 Å². The van der Waals surface area contributed by atoms with Crippen molar-refractivity contribution in [3.63, 3.8) is 0 Å². The van der Waals surface area contributed by atoms with E-state index in [4.69, 9.17) is 4.98 Å². The number of aromatic nitrogens is 3. The van der Waals surface area contributed by atoms with Gasteiger partial charge in [0.15, 0.2) is 6.20 Å². The maximum atomic E-state index is 4.90. The molecule has 0 saturated carbocycles. The van der Waals surface area contributed by atoms with Gasteiger partial charge in [-0.3, -0.25) is 4.40 Å². The molecule has 0 spiro atoms. The van der Waals surface area contributed by atoms with Crippen LogP contribution >= 0.6 is 0 Å². The molecular formula is C26H26N3Si+. The second-order valence-electron chi connectivity index (χ2n) is 9.75. The number of hydrogen-bond acceptors (Lipinski definition) is 1. The summed E-state index contributed by atoms with van der Waals surface area (Å²) in [5, 5.41) is 8.07. The fourth-order valence-electron chi connectivity index (χ4n) is 5.32. The Morgan fingerprint density at radius 3 is 2.50 bits per heavy atom. The molecule has 0 bridgehead atoms. The highest BCUT2D eigenvalue weighted by Crippen LogP contribution is 2.40. The molecule has 30 heavy (non-hydrogen) atoms. The standard InChI is InChI=1S/C26H26N3Si/c1-15-14-19-18-8-7-12-27-26(18)29-23(19)21(16(15)2)25-22-17(11-13-28(25)3)9-10-20(24(22)29)30(4,5)6/h7-14H,1-6H3/q+1. The van der Waals surface area contributed by atoms with Crippen LogP contribution in [-0.4, -0.2) is 17.5 Å². The number of fused-ring (bicyclic) bond motifs is 5. The summed E-state index contributed by atoms with van der Waals surface area (Å²) in [5.41, 5.74) is 7.77. The summed E-state index contributed by atoms with van der Waals surface area (Å²) in [4.78, 5) is 4.90. The first-order chi connectivity index (χ1) is 14.3. The maximum absolute atomic E-state index is 4.90. The van der Waals surface area contributed by atoms with Crippen LogP contribution in [0.2, 0.25) is 19.6 Å². The highest BCUT2D eigenvalue weighted by molar-refractivity contribution is 6.90. The topological polar surface area (TPSA) is 21.2 Å². The van der Waals surface area contributed by atoms with Gasteiger partial charge in [-0.2, -0.15) is 0 Å². The average molecular weight is 409 g/mol. The molecule has 0 radical (unpaired) electrons. The molecule has 0 atom stereocenters. The van der Waals surface area contributed by atoms with Gasteiger partial charge in [0.25, 0.3) is 0 Å². The highest BCUT2D eigenvalue weighted by atomic mass is 28.3. The summed E-state index contributed by atoms with van der Waals surface area (Å²) in [5.74, 6) is 0. The summed E-state index contributed by atoms with van der Waals surface area (Å²) >= 11 is 0. The minimum atomic E-state index is -1.60. The van der Waals surface area contributed by atoms with E-state index in [1.165, 1.54) is 59.8 Å². The van der Waals surface area contributed by atoms with E-state index in [-0.39, 0.29) is 0 Å². The number of nitrogens with zero attached hydrogens (tertiary/aromatic N) is 3. The lowest BCUT2D eigenvalue weighted by molar-refractivity contribution is -0.643. The summed E-state index contributed by atoms with van der Waals surface area (Å²) in [6.07, 6.45) is 4.14. The Kier molecular flexibility index (Phi) is 3.32. The van der Waals surface area contributed by atoms with Crippen LogP contribution in [0.3, 0.4) is 0 Å². The van der Waals surface area contributed by atoms with Gasteiger partial charge >= 0.3 is 0 Å². The molecule has 0 N–H and O–H groups in total. The van der Waals surface area contributed by atoms with E-state index in [0.717, 1.165) is 5.65 Å². The first-order valence-electron chi connectivity index (χ1n) is 10.6. The molecular weight excluding hydrogens is 382 g/mol. The van der Waals surface area contributed by atoms with Crippen molar-refractivity contribution in [3.8, 4) is 0 Å². The summed E-state index contributed by atoms with van der Waals surface area (Å²) in [6, 6.07) is 13.6. The molecule has 6 aromatic rings. The summed E-state index contributed by atoms with van der Waals surface area (Å²) in [6.45, 7) is 11.8. The molecule has 0 unspecified atom stereocenters. The average Bonchev–Trinajstić information content (AvgIpc) is 3.03. The van der Waals surface area contributed by atoms with Crippen molar-refractivity contribution in [2.24, 2.45) is 7.05 Å². The van der Waals surface area contributed by atoms with Crippen molar-refractivity contribution >= 4 is 62.4 Å². The smallest absolute Gasteiger partial charge is 0.224 e. The predicted octanol–water partition coefficient (Wildman–Crippen LogP) is 5.37. The van der Waals surface area contributed by atoms with Gasteiger partial charge in [0.1, 0.15) is 12.7 Å². The van der Waals surface area contributed by atoms with E-state index in [1.807, 2.05) is 6.20 Å². The molecule has 4 heteroatoms. The molecule has 0 saturated heterocycles. The number of benzene rings is 2. The second-order valence-corrected chi connectivity index (χ2v) is 14.8. The van der Waals surface area contributed by atoms with Crippen molar-refractivity contribution in [3.05, 3.63) is 59.9 Å². The molecule has 3 nitrogen and oxygen atoms in total. The van der Waals surface area contributed by atoms with Crippen molar-refractivity contribution in [1.29, 1.82) is 0 Å². The fourth-order valence-corrected chi connectivity index (χ4v) is 6.85. The van der Waals surface area contributed by atoms with Crippen LogP contribution < -0.4 is 9.75 Å². The molecule has 6 rings (SSSR count). The SMILES string of the molecule is Cc1cc2c3cccnc3n3c4c([Si](C)(C)C)ccc5cc[n+](C)c(c(c1C)c23)c54. The van der Waals surface area contributed by atoms with Crippen molar-refractivity contribution in [2.45, 2.75) is 33.5 Å². The molecule has 0 aliphatic carbocycles. The van der Waals surface area contributed by atoms with Gasteiger partial charge < -0.3 is 0 Å². The molecule has 4 heterocycles. The van der Waals surface area contributed by atoms with Gasteiger partial charge in [0, 0.05) is 23.0 Å². The predicted molar refractivity (Wildman–Crippen MR) is 130 cm³/mol. The van der Waals surface area contributed by atoms with Gasteiger partial charge in [-0.15, -0.1) is 0 Å². The first-order valence-corrected chi connectivity index (χ1v) is 14.1. The van der Waals surface area contributed by atoms with Crippen LogP contribution in [0.1, 0.15) is 11.1 Å². The van der Waals surface area contributed by atoms with Crippen LogP contribution in [0.5, 0.6) is 0 Å². The van der Waals surface area contributed by atoms with E-state index < -0.39 is 8.07 Å².